The fourth-order valence-corrected chi connectivity index (χ4v) is 0.206. The number of nitrogens with zero attached hydrogens (tertiary/aromatic N) is 2. The quantitative estimate of drug-likeness (QED) is 0.246. The Bertz CT molecular complexity index is 152. The number of aliphatic imine (C=N–C) groups is 2. The van der Waals surface area contributed by atoms with Crippen LogP contribution in [0.4, 0.5) is 0 Å². The third-order valence-electron chi connectivity index (χ3n) is 0.290. The van der Waals surface area contributed by atoms with Crippen molar-refractivity contribution in [3.05, 3.63) is 0 Å². The van der Waals surface area contributed by atoms with Crippen molar-refractivity contribution < 1.29 is 0 Å². The number of thiol groups is 1. The lowest BCUT2D eigenvalue weighted by Gasteiger charge is -1.73. The van der Waals surface area contributed by atoms with Gasteiger partial charge in [-0.05, 0) is 0 Å². The summed E-state index contributed by atoms with van der Waals surface area (Å²) in [5.74, 6) is 0. The molecule has 0 fully saturated rings. The Morgan fingerprint density at radius 3 is 2.88 bits per heavy atom. The molecule has 0 amide bonds. The number of rotatable bonds is 1. The minimum absolute atomic E-state index is 0.198. The summed E-state index contributed by atoms with van der Waals surface area (Å²) >= 11 is 8.08. The molecule has 0 aromatic heterocycles. The van der Waals surface area contributed by atoms with E-state index in [0.717, 1.165) is 6.34 Å². The number of hydrogen-bond acceptors (Lipinski definition) is 2. The summed E-state index contributed by atoms with van der Waals surface area (Å²) in [7, 11) is 0. The first-order chi connectivity index (χ1) is 3.77. The zero-order chi connectivity index (χ0) is 6.41. The van der Waals surface area contributed by atoms with Gasteiger partial charge in [-0.15, -0.1) is 12.6 Å². The van der Waals surface area contributed by atoms with Crippen molar-refractivity contribution in [1.82, 2.24) is 0 Å². The maximum Gasteiger partial charge on any atom is 0.158 e. The van der Waals surface area contributed by atoms with Crippen molar-refractivity contribution in [2.24, 2.45) is 9.98 Å². The van der Waals surface area contributed by atoms with E-state index in [9.17, 15) is 0 Å². The minimum Gasteiger partial charge on any atom is -0.241 e. The molecule has 0 radical (unpaired) electrons. The molecule has 1 N–H and O–H groups in total. The molecule has 42 valence electrons. The molecule has 0 bridgehead atoms. The molecule has 0 aliphatic heterocycles. The lowest BCUT2D eigenvalue weighted by atomic mass is 11.2. The van der Waals surface area contributed by atoms with Crippen molar-refractivity contribution in [1.29, 1.82) is 5.41 Å². The molecule has 0 rings (SSSR count). The summed E-state index contributed by atoms with van der Waals surface area (Å²) in [6.45, 7) is 0. The third-order valence-corrected chi connectivity index (χ3v) is 0.511. The molecule has 8 heavy (non-hydrogen) atoms. The van der Waals surface area contributed by atoms with E-state index in [1.54, 1.807) is 6.01 Å². The van der Waals surface area contributed by atoms with Gasteiger partial charge in [0, 0.05) is 0 Å². The van der Waals surface area contributed by atoms with Gasteiger partial charge in [-0.3, -0.25) is 0 Å². The molecule has 0 atom stereocenters. The maximum absolute atomic E-state index is 6.27. The molecular formula is C3H3N3S2. The van der Waals surface area contributed by atoms with Crippen LogP contribution in [0.15, 0.2) is 9.98 Å². The third kappa shape index (κ3) is 5.49. The van der Waals surface area contributed by atoms with Crippen LogP contribution >= 0.6 is 24.8 Å². The molecule has 0 aliphatic rings. The maximum atomic E-state index is 6.27. The molecule has 0 unspecified atom stereocenters. The highest BCUT2D eigenvalue weighted by molar-refractivity contribution is 8.11. The normalized spacial score (nSPS) is 8.62. The molecule has 3 nitrogen and oxygen atoms in total. The highest BCUT2D eigenvalue weighted by Gasteiger charge is 1.71. The first kappa shape index (κ1) is 7.49. The Hall–Kier alpha value is -0.510. The zero-order valence-corrected chi connectivity index (χ0v) is 5.54. The minimum atomic E-state index is 0.198. The van der Waals surface area contributed by atoms with Crippen LogP contribution in [-0.4, -0.2) is 16.7 Å². The van der Waals surface area contributed by atoms with Gasteiger partial charge in [-0.25, -0.2) is 10.4 Å². The standard InChI is InChI=1S/C3H3N3S2/c4-1-5-2-6-3(7)8/h2,4H,(H,7,8)/b6-2+. The Balaban J connectivity index is 3.67. The van der Waals surface area contributed by atoms with E-state index >= 15 is 0 Å². The second-order valence-electron chi connectivity index (χ2n) is 0.768. The predicted molar refractivity (Wildman–Crippen MR) is 40.2 cm³/mol. The van der Waals surface area contributed by atoms with Gasteiger partial charge >= 0.3 is 0 Å². The van der Waals surface area contributed by atoms with Crippen molar-refractivity contribution in [3.63, 3.8) is 0 Å². The van der Waals surface area contributed by atoms with Crippen LogP contribution in [-0.2, 0) is 0 Å². The van der Waals surface area contributed by atoms with E-state index < -0.39 is 0 Å². The SMILES string of the molecule is N=C=N/C=N/C(=S)S. The predicted octanol–water partition coefficient (Wildman–Crippen LogP) is 0.982. The Morgan fingerprint density at radius 1 is 1.88 bits per heavy atom. The smallest absolute Gasteiger partial charge is 0.158 e. The van der Waals surface area contributed by atoms with Gasteiger partial charge in [0.25, 0.3) is 0 Å². The monoisotopic (exact) mass is 145 g/mol. The van der Waals surface area contributed by atoms with Crippen LogP contribution in [0.2, 0.25) is 0 Å². The van der Waals surface area contributed by atoms with Crippen LogP contribution in [0.1, 0.15) is 0 Å². The van der Waals surface area contributed by atoms with Crippen LogP contribution in [0.3, 0.4) is 0 Å². The van der Waals surface area contributed by atoms with Gasteiger partial charge in [0.1, 0.15) is 6.34 Å². The van der Waals surface area contributed by atoms with Crippen molar-refractivity contribution >= 4 is 41.5 Å². The van der Waals surface area contributed by atoms with E-state index in [4.69, 9.17) is 5.41 Å². The zero-order valence-electron chi connectivity index (χ0n) is 3.83. The van der Waals surface area contributed by atoms with Gasteiger partial charge in [0.15, 0.2) is 4.32 Å². The summed E-state index contributed by atoms with van der Waals surface area (Å²) in [6, 6.07) is 1.76. The van der Waals surface area contributed by atoms with E-state index in [-0.39, 0.29) is 4.32 Å². The van der Waals surface area contributed by atoms with E-state index in [1.807, 2.05) is 0 Å². The first-order valence-corrected chi connectivity index (χ1v) is 2.50. The van der Waals surface area contributed by atoms with Gasteiger partial charge in [0.2, 0.25) is 0 Å². The Morgan fingerprint density at radius 2 is 2.50 bits per heavy atom. The van der Waals surface area contributed by atoms with Gasteiger partial charge in [0.05, 0.1) is 6.01 Å². The largest absolute Gasteiger partial charge is 0.241 e. The number of thiocarbonyl (C=S) groups is 1. The highest BCUT2D eigenvalue weighted by atomic mass is 32.1. The van der Waals surface area contributed by atoms with E-state index in [2.05, 4.69) is 34.8 Å². The highest BCUT2D eigenvalue weighted by Crippen LogP contribution is 1.81. The Labute approximate surface area is 57.5 Å². The molecule has 0 aliphatic carbocycles. The molecule has 5 heteroatoms. The van der Waals surface area contributed by atoms with Crippen molar-refractivity contribution in [2.75, 3.05) is 0 Å². The first-order valence-electron chi connectivity index (χ1n) is 1.64. The number of nitrogens with one attached hydrogen (secondary N) is 1. The lowest BCUT2D eigenvalue weighted by Crippen LogP contribution is -1.72. The molecule has 0 saturated heterocycles. The summed E-state index contributed by atoms with van der Waals surface area (Å²) in [6.07, 6.45) is 1.11. The second kappa shape index (κ2) is 4.64. The fraction of sp³-hybridized carbons (Fsp3) is 0. The molecule has 0 aromatic rings. The topological polar surface area (TPSA) is 48.6 Å². The van der Waals surface area contributed by atoms with Crippen LogP contribution in [0.25, 0.3) is 0 Å². The van der Waals surface area contributed by atoms with Gasteiger partial charge in [-0.1, -0.05) is 12.2 Å². The van der Waals surface area contributed by atoms with Crippen LogP contribution in [0, 0.1) is 5.41 Å². The van der Waals surface area contributed by atoms with E-state index in [0.29, 0.717) is 0 Å². The van der Waals surface area contributed by atoms with Gasteiger partial charge < -0.3 is 0 Å². The average Bonchev–Trinajstić information content (AvgIpc) is 1.66. The van der Waals surface area contributed by atoms with Crippen LogP contribution < -0.4 is 0 Å². The lowest BCUT2D eigenvalue weighted by molar-refractivity contribution is 1.55. The average molecular weight is 145 g/mol. The summed E-state index contributed by atoms with van der Waals surface area (Å²) in [4.78, 5) is 6.64. The second-order valence-corrected chi connectivity index (χ2v) is 1.88. The molecule has 0 heterocycles. The van der Waals surface area contributed by atoms with E-state index in [1.165, 1.54) is 0 Å². The summed E-state index contributed by atoms with van der Waals surface area (Å²) in [5, 5.41) is 6.27. The molecule has 0 spiro atoms. The molecule has 0 saturated carbocycles. The molecule has 0 aromatic carbocycles. The van der Waals surface area contributed by atoms with Crippen LogP contribution in [0.5, 0.6) is 0 Å². The Kier molecular flexibility index (Phi) is 4.35. The number of hydrogen-bond donors (Lipinski definition) is 2. The fourth-order valence-electron chi connectivity index (χ4n) is 0.107. The summed E-state index contributed by atoms with van der Waals surface area (Å²) < 4.78 is 0.198. The van der Waals surface area contributed by atoms with Crippen molar-refractivity contribution in [2.45, 2.75) is 0 Å². The molecular weight excluding hydrogens is 142 g/mol. The summed E-state index contributed by atoms with van der Waals surface area (Å²) in [5.41, 5.74) is 0. The van der Waals surface area contributed by atoms with Crippen molar-refractivity contribution in [3.8, 4) is 0 Å². The van der Waals surface area contributed by atoms with Gasteiger partial charge in [-0.2, -0.15) is 4.99 Å².